The molecular weight excluding hydrogens is 923 g/mol. The molecule has 7 unspecified atom stereocenters. The maximum absolute atomic E-state index is 13.1. The van der Waals surface area contributed by atoms with Crippen molar-refractivity contribution in [2.24, 2.45) is 0 Å². The first-order chi connectivity index (χ1) is 36.3. The zero-order valence-electron chi connectivity index (χ0n) is 48.4. The van der Waals surface area contributed by atoms with Gasteiger partial charge in [0.05, 0.1) is 25.4 Å². The second kappa shape index (κ2) is 54.5. The van der Waals surface area contributed by atoms with Gasteiger partial charge in [-0.25, -0.2) is 0 Å². The Balaban J connectivity index is 2.20. The van der Waals surface area contributed by atoms with E-state index in [1.165, 1.54) is 238 Å². The minimum Gasteiger partial charge on any atom is -0.394 e. The van der Waals surface area contributed by atoms with Gasteiger partial charge in [0, 0.05) is 6.42 Å². The molecule has 434 valence electrons. The van der Waals surface area contributed by atoms with Crippen LogP contribution in [-0.4, -0.2) is 87.5 Å². The Hall–Kier alpha value is -1.85. The van der Waals surface area contributed by atoms with E-state index in [0.717, 1.165) is 44.9 Å². The van der Waals surface area contributed by atoms with E-state index in [4.69, 9.17) is 9.47 Å². The van der Waals surface area contributed by atoms with Crippen LogP contribution < -0.4 is 5.32 Å². The fourth-order valence-corrected chi connectivity index (χ4v) is 10.1. The van der Waals surface area contributed by atoms with Crippen molar-refractivity contribution in [1.82, 2.24) is 5.32 Å². The van der Waals surface area contributed by atoms with Crippen LogP contribution in [0.2, 0.25) is 0 Å². The van der Waals surface area contributed by atoms with Crippen LogP contribution in [0.15, 0.2) is 48.6 Å². The molecule has 1 aliphatic rings. The summed E-state index contributed by atoms with van der Waals surface area (Å²) in [5.74, 6) is -0.184. The van der Waals surface area contributed by atoms with Gasteiger partial charge in [0.15, 0.2) is 6.29 Å². The highest BCUT2D eigenvalue weighted by Gasteiger charge is 2.44. The molecule has 9 heteroatoms. The number of hydrogen-bond acceptors (Lipinski definition) is 8. The van der Waals surface area contributed by atoms with Gasteiger partial charge in [-0.2, -0.15) is 0 Å². The van der Waals surface area contributed by atoms with Crippen molar-refractivity contribution in [3.8, 4) is 0 Å². The number of aliphatic hydroxyl groups is 5. The molecule has 7 atom stereocenters. The van der Waals surface area contributed by atoms with Crippen LogP contribution in [0, 0.1) is 0 Å². The lowest BCUT2D eigenvalue weighted by Gasteiger charge is -2.40. The average molecular weight is 1040 g/mol. The molecule has 1 rings (SSSR count). The van der Waals surface area contributed by atoms with Crippen molar-refractivity contribution in [1.29, 1.82) is 0 Å². The van der Waals surface area contributed by atoms with Crippen LogP contribution >= 0.6 is 0 Å². The quantitative estimate of drug-likeness (QED) is 0.0261. The molecule has 0 radical (unpaired) electrons. The molecular formula is C65H121NO8. The van der Waals surface area contributed by atoms with Gasteiger partial charge < -0.3 is 40.3 Å². The monoisotopic (exact) mass is 1040 g/mol. The number of ether oxygens (including phenoxy) is 2. The van der Waals surface area contributed by atoms with Crippen molar-refractivity contribution in [2.45, 2.75) is 346 Å². The lowest BCUT2D eigenvalue weighted by Crippen LogP contribution is -2.60. The molecule has 0 bridgehead atoms. The number of hydrogen-bond donors (Lipinski definition) is 6. The number of carbonyl (C=O) groups is 1. The summed E-state index contributed by atoms with van der Waals surface area (Å²) in [4.78, 5) is 13.1. The maximum atomic E-state index is 13.1. The second-order valence-electron chi connectivity index (χ2n) is 22.2. The van der Waals surface area contributed by atoms with Crippen molar-refractivity contribution in [2.75, 3.05) is 13.2 Å². The van der Waals surface area contributed by atoms with E-state index >= 15 is 0 Å². The fraction of sp³-hybridized carbons (Fsp3) is 0.862. The first kappa shape index (κ1) is 70.2. The van der Waals surface area contributed by atoms with Crippen LogP contribution in [0.3, 0.4) is 0 Å². The van der Waals surface area contributed by atoms with Crippen LogP contribution in [0.1, 0.15) is 303 Å². The standard InChI is InChI=1S/C65H121NO8/c1-3-5-7-9-11-13-15-17-19-21-23-25-27-29-31-32-34-36-38-40-42-44-46-48-50-52-54-59(68)58(57-73-65-64(72)63(71)62(70)60(56-67)74-65)66-61(69)55-53-51-49-47-45-43-41-39-37-35-33-30-28-26-24-22-20-18-16-14-12-10-8-6-4-2/h16,18,22,24,44,46,52,54,58-60,62-65,67-68,70-72H,3-15,17,19-21,23,25-43,45,47-51,53,55-57H2,1-2H3,(H,66,69)/b18-16-,24-22-,46-44+,54-52+. The van der Waals surface area contributed by atoms with Gasteiger partial charge in [-0.15, -0.1) is 0 Å². The van der Waals surface area contributed by atoms with Gasteiger partial charge in [-0.3, -0.25) is 4.79 Å². The van der Waals surface area contributed by atoms with Gasteiger partial charge in [0.25, 0.3) is 0 Å². The summed E-state index contributed by atoms with van der Waals surface area (Å²) in [6.07, 6.45) is 66.2. The van der Waals surface area contributed by atoms with Gasteiger partial charge in [-0.1, -0.05) is 281 Å². The number of carbonyl (C=O) groups excluding carboxylic acids is 1. The SMILES string of the molecule is CCCCCCC/C=C\C/C=C\CCCCCCCCCCCCCCCC(=O)NC(COC1OC(CO)C(O)C(O)C1O)C(O)/C=C/CC/C=C/CCCCCCCCCCCCCCCCCCCCCC. The number of aliphatic hydroxyl groups excluding tert-OH is 5. The summed E-state index contributed by atoms with van der Waals surface area (Å²) in [5.41, 5.74) is 0. The third-order valence-corrected chi connectivity index (χ3v) is 15.1. The first-order valence-corrected chi connectivity index (χ1v) is 31.9. The van der Waals surface area contributed by atoms with Crippen LogP contribution in [0.25, 0.3) is 0 Å². The molecule has 0 aromatic rings. The predicted octanol–water partition coefficient (Wildman–Crippen LogP) is 16.5. The first-order valence-electron chi connectivity index (χ1n) is 31.9. The van der Waals surface area contributed by atoms with Crippen LogP contribution in [-0.2, 0) is 14.3 Å². The third kappa shape index (κ3) is 43.2. The highest BCUT2D eigenvalue weighted by atomic mass is 16.7. The number of rotatable bonds is 55. The van der Waals surface area contributed by atoms with Crippen molar-refractivity contribution < 1.29 is 39.8 Å². The van der Waals surface area contributed by atoms with Crippen molar-refractivity contribution in [3.63, 3.8) is 0 Å². The van der Waals surface area contributed by atoms with E-state index in [1.54, 1.807) is 6.08 Å². The Labute approximate surface area is 456 Å². The van der Waals surface area contributed by atoms with E-state index in [1.807, 2.05) is 6.08 Å². The fourth-order valence-electron chi connectivity index (χ4n) is 10.1. The van der Waals surface area contributed by atoms with Crippen molar-refractivity contribution in [3.05, 3.63) is 48.6 Å². The molecule has 1 heterocycles. The number of nitrogens with one attached hydrogen (secondary N) is 1. The van der Waals surface area contributed by atoms with Crippen LogP contribution in [0.4, 0.5) is 0 Å². The normalized spacial score (nSPS) is 19.3. The molecule has 0 aromatic heterocycles. The zero-order chi connectivity index (χ0) is 53.6. The molecule has 0 spiro atoms. The smallest absolute Gasteiger partial charge is 0.220 e. The molecule has 0 saturated carbocycles. The Morgan fingerprint density at radius 3 is 1.22 bits per heavy atom. The van der Waals surface area contributed by atoms with Gasteiger partial charge in [-0.05, 0) is 64.2 Å². The van der Waals surface area contributed by atoms with Gasteiger partial charge >= 0.3 is 0 Å². The number of amides is 1. The summed E-state index contributed by atoms with van der Waals surface area (Å²) in [5, 5.41) is 54.6. The van der Waals surface area contributed by atoms with Crippen LogP contribution in [0.5, 0.6) is 0 Å². The van der Waals surface area contributed by atoms with E-state index < -0.39 is 49.5 Å². The second-order valence-corrected chi connectivity index (χ2v) is 22.2. The Bertz CT molecular complexity index is 1300. The van der Waals surface area contributed by atoms with Crippen molar-refractivity contribution >= 4 is 5.91 Å². The Morgan fingerprint density at radius 2 is 0.811 bits per heavy atom. The molecule has 0 aromatic carbocycles. The average Bonchev–Trinajstić information content (AvgIpc) is 3.40. The third-order valence-electron chi connectivity index (χ3n) is 15.1. The number of allylic oxidation sites excluding steroid dienone is 7. The summed E-state index contributed by atoms with van der Waals surface area (Å²) in [6.45, 7) is 3.79. The Morgan fingerprint density at radius 1 is 0.459 bits per heavy atom. The molecule has 6 N–H and O–H groups in total. The lowest BCUT2D eigenvalue weighted by atomic mass is 9.99. The predicted molar refractivity (Wildman–Crippen MR) is 313 cm³/mol. The van der Waals surface area contributed by atoms with E-state index in [2.05, 4.69) is 55.6 Å². The van der Waals surface area contributed by atoms with Gasteiger partial charge in [0.1, 0.15) is 24.4 Å². The van der Waals surface area contributed by atoms with E-state index in [-0.39, 0.29) is 12.5 Å². The molecule has 74 heavy (non-hydrogen) atoms. The molecule has 1 amide bonds. The maximum Gasteiger partial charge on any atom is 0.220 e. The highest BCUT2D eigenvalue weighted by Crippen LogP contribution is 2.23. The molecule has 1 aliphatic heterocycles. The largest absolute Gasteiger partial charge is 0.394 e. The molecule has 0 aliphatic carbocycles. The van der Waals surface area contributed by atoms with E-state index in [9.17, 15) is 30.3 Å². The zero-order valence-corrected chi connectivity index (χ0v) is 48.4. The summed E-state index contributed by atoms with van der Waals surface area (Å²) < 4.78 is 11.3. The summed E-state index contributed by atoms with van der Waals surface area (Å²) in [7, 11) is 0. The number of unbranched alkanes of at least 4 members (excludes halogenated alkanes) is 39. The molecule has 1 fully saturated rings. The minimum absolute atomic E-state index is 0.184. The molecule has 9 nitrogen and oxygen atoms in total. The minimum atomic E-state index is -1.57. The highest BCUT2D eigenvalue weighted by molar-refractivity contribution is 5.76. The van der Waals surface area contributed by atoms with Gasteiger partial charge in [0.2, 0.25) is 5.91 Å². The summed E-state index contributed by atoms with van der Waals surface area (Å²) in [6, 6.07) is -0.824. The topological polar surface area (TPSA) is 149 Å². The van der Waals surface area contributed by atoms with E-state index in [0.29, 0.717) is 6.42 Å². The lowest BCUT2D eigenvalue weighted by molar-refractivity contribution is -0.302. The molecule has 1 saturated heterocycles. The summed E-state index contributed by atoms with van der Waals surface area (Å²) >= 11 is 0. The Kier molecular flexibility index (Phi) is 51.7.